The van der Waals surface area contributed by atoms with E-state index in [9.17, 15) is 20.0 Å². The number of hydrogen-bond acceptors (Lipinski definition) is 6. The van der Waals surface area contributed by atoms with Gasteiger partial charge in [0.1, 0.15) is 23.4 Å². The molecule has 0 aliphatic heterocycles. The first-order valence-electron chi connectivity index (χ1n) is 12.7. The number of carbonyl (C=O) groups is 2. The van der Waals surface area contributed by atoms with Gasteiger partial charge in [0, 0.05) is 23.7 Å². The zero-order valence-corrected chi connectivity index (χ0v) is 22.1. The highest BCUT2D eigenvalue weighted by molar-refractivity contribution is 5.99. The van der Waals surface area contributed by atoms with Gasteiger partial charge in [0.15, 0.2) is 0 Å². The highest BCUT2D eigenvalue weighted by Crippen LogP contribution is 2.24. The van der Waals surface area contributed by atoms with Crippen LogP contribution in [0.4, 0.5) is 5.82 Å². The van der Waals surface area contributed by atoms with Gasteiger partial charge in [-0.2, -0.15) is 5.26 Å². The normalized spacial score (nSPS) is 11.4. The summed E-state index contributed by atoms with van der Waals surface area (Å²) in [7, 11) is 0. The Morgan fingerprint density at radius 3 is 2.51 bits per heavy atom. The summed E-state index contributed by atoms with van der Waals surface area (Å²) in [5, 5.41) is 24.9. The van der Waals surface area contributed by atoms with Crippen LogP contribution in [-0.4, -0.2) is 28.0 Å². The van der Waals surface area contributed by atoms with Crippen molar-refractivity contribution < 1.29 is 19.1 Å². The molecule has 1 unspecified atom stereocenters. The molecule has 1 amide bonds. The quantitative estimate of drug-likeness (QED) is 0.253. The summed E-state index contributed by atoms with van der Waals surface area (Å²) in [4.78, 5) is 29.4. The number of furan rings is 1. The maximum absolute atomic E-state index is 13.1. The van der Waals surface area contributed by atoms with Crippen LogP contribution in [0, 0.1) is 25.2 Å². The second-order valence-electron chi connectivity index (χ2n) is 9.40. The number of nitrogens with zero attached hydrogens (tertiary/aromatic N) is 2. The lowest BCUT2D eigenvalue weighted by atomic mass is 9.95. The van der Waals surface area contributed by atoms with Gasteiger partial charge in [0.2, 0.25) is 0 Å². The van der Waals surface area contributed by atoms with Crippen LogP contribution in [-0.2, 0) is 24.2 Å². The molecule has 39 heavy (non-hydrogen) atoms. The monoisotopic (exact) mass is 522 g/mol. The molecule has 0 aliphatic carbocycles. The largest absolute Gasteiger partial charge is 0.480 e. The van der Waals surface area contributed by atoms with Gasteiger partial charge < -0.3 is 20.2 Å². The predicted molar refractivity (Wildman–Crippen MR) is 148 cm³/mol. The SMILES string of the molecule is CCc1cc(C#N)cc(C)c1C(=O)NC(Cc1ccc(-c2ccc(CNc3cc(C)ccn3)o2)cc1)C(=O)O. The van der Waals surface area contributed by atoms with Crippen molar-refractivity contribution in [3.05, 3.63) is 106 Å². The number of hydrogen-bond donors (Lipinski definition) is 3. The lowest BCUT2D eigenvalue weighted by Crippen LogP contribution is -2.42. The number of rotatable bonds is 10. The molecule has 1 atom stereocenters. The third kappa shape index (κ3) is 6.70. The van der Waals surface area contributed by atoms with Gasteiger partial charge in [-0.15, -0.1) is 0 Å². The number of nitrogens with one attached hydrogen (secondary N) is 2. The van der Waals surface area contributed by atoms with E-state index in [1.54, 1.807) is 25.3 Å². The molecular weight excluding hydrogens is 492 g/mol. The van der Waals surface area contributed by atoms with Crippen molar-refractivity contribution in [1.82, 2.24) is 10.3 Å². The Morgan fingerprint density at radius 1 is 1.08 bits per heavy atom. The van der Waals surface area contributed by atoms with Crippen molar-refractivity contribution in [2.75, 3.05) is 5.32 Å². The smallest absolute Gasteiger partial charge is 0.326 e. The van der Waals surface area contributed by atoms with E-state index in [4.69, 9.17) is 4.42 Å². The molecule has 0 saturated heterocycles. The van der Waals surface area contributed by atoms with E-state index in [-0.39, 0.29) is 6.42 Å². The molecule has 4 aromatic rings. The van der Waals surface area contributed by atoms with E-state index >= 15 is 0 Å². The number of carboxylic acids is 1. The molecule has 198 valence electrons. The molecule has 3 N–H and O–H groups in total. The summed E-state index contributed by atoms with van der Waals surface area (Å²) in [6.45, 7) is 6.14. The number of benzene rings is 2. The Bertz CT molecular complexity index is 1530. The number of amides is 1. The molecule has 0 radical (unpaired) electrons. The fourth-order valence-electron chi connectivity index (χ4n) is 4.44. The zero-order chi connectivity index (χ0) is 27.9. The van der Waals surface area contributed by atoms with Crippen molar-refractivity contribution >= 4 is 17.7 Å². The minimum absolute atomic E-state index is 0.120. The first kappa shape index (κ1) is 27.1. The maximum Gasteiger partial charge on any atom is 0.326 e. The van der Waals surface area contributed by atoms with Crippen LogP contribution in [0.2, 0.25) is 0 Å². The summed E-state index contributed by atoms with van der Waals surface area (Å²) in [6, 6.07) is 19.4. The van der Waals surface area contributed by atoms with Crippen LogP contribution in [0.1, 0.15) is 50.9 Å². The molecule has 0 bridgehead atoms. The van der Waals surface area contributed by atoms with E-state index in [0.717, 1.165) is 28.3 Å². The van der Waals surface area contributed by atoms with Gasteiger partial charge in [-0.25, -0.2) is 9.78 Å². The van der Waals surface area contributed by atoms with Gasteiger partial charge in [0.25, 0.3) is 5.91 Å². The third-order valence-electron chi connectivity index (χ3n) is 6.46. The predicted octanol–water partition coefficient (Wildman–Crippen LogP) is 5.43. The molecular formula is C31H30N4O4. The van der Waals surface area contributed by atoms with Crippen LogP contribution in [0.25, 0.3) is 11.3 Å². The second-order valence-corrected chi connectivity index (χ2v) is 9.40. The highest BCUT2D eigenvalue weighted by Gasteiger charge is 2.24. The van der Waals surface area contributed by atoms with Gasteiger partial charge in [-0.1, -0.05) is 31.2 Å². The summed E-state index contributed by atoms with van der Waals surface area (Å²) in [6.07, 6.45) is 2.42. The Morgan fingerprint density at radius 2 is 1.85 bits per heavy atom. The first-order valence-corrected chi connectivity index (χ1v) is 12.7. The van der Waals surface area contributed by atoms with Gasteiger partial charge in [0.05, 0.1) is 18.2 Å². The fourth-order valence-corrected chi connectivity index (χ4v) is 4.44. The zero-order valence-electron chi connectivity index (χ0n) is 22.1. The van der Waals surface area contributed by atoms with Crippen molar-refractivity contribution in [3.8, 4) is 17.4 Å². The van der Waals surface area contributed by atoms with Crippen LogP contribution in [0.5, 0.6) is 0 Å². The number of nitriles is 1. The van der Waals surface area contributed by atoms with Gasteiger partial charge >= 0.3 is 5.97 Å². The van der Waals surface area contributed by atoms with Crippen molar-refractivity contribution in [2.24, 2.45) is 0 Å². The summed E-state index contributed by atoms with van der Waals surface area (Å²) in [5.41, 5.74) is 4.97. The molecule has 2 aromatic carbocycles. The minimum Gasteiger partial charge on any atom is -0.480 e. The van der Waals surface area contributed by atoms with Gasteiger partial charge in [-0.05, 0) is 78.9 Å². The van der Waals surface area contributed by atoms with E-state index in [0.29, 0.717) is 41.0 Å². The molecule has 0 fully saturated rings. The Labute approximate surface area is 227 Å². The van der Waals surface area contributed by atoms with Crippen LogP contribution in [0.3, 0.4) is 0 Å². The van der Waals surface area contributed by atoms with Crippen LogP contribution < -0.4 is 10.6 Å². The van der Waals surface area contributed by atoms with E-state index in [1.165, 1.54) is 0 Å². The molecule has 0 spiro atoms. The van der Waals surface area contributed by atoms with Crippen molar-refractivity contribution in [1.29, 1.82) is 5.26 Å². The Kier molecular flexibility index (Phi) is 8.42. The molecule has 0 saturated carbocycles. The number of carbonyl (C=O) groups excluding carboxylic acids is 1. The minimum atomic E-state index is -1.12. The molecule has 0 aliphatic rings. The third-order valence-corrected chi connectivity index (χ3v) is 6.46. The maximum atomic E-state index is 13.1. The number of anilines is 1. The van der Waals surface area contributed by atoms with E-state index in [1.807, 2.05) is 62.4 Å². The first-order chi connectivity index (χ1) is 18.8. The van der Waals surface area contributed by atoms with Crippen LogP contribution >= 0.6 is 0 Å². The second kappa shape index (κ2) is 12.1. The lowest BCUT2D eigenvalue weighted by Gasteiger charge is -2.18. The van der Waals surface area contributed by atoms with E-state index in [2.05, 4.69) is 21.7 Å². The number of aryl methyl sites for hydroxylation is 3. The Balaban J connectivity index is 1.42. The average Bonchev–Trinajstić information content (AvgIpc) is 3.40. The standard InChI is InChI=1S/C31H30N4O4/c1-4-23-15-22(17-32)14-20(3)29(23)30(36)35-26(31(37)38)16-21-5-7-24(8-6-21)27-10-9-25(39-27)18-34-28-13-19(2)11-12-33-28/h5-15,26H,4,16,18H2,1-3H3,(H,33,34)(H,35,36)(H,37,38). The molecule has 4 rings (SSSR count). The number of aromatic nitrogens is 1. The average molecular weight is 523 g/mol. The molecule has 8 nitrogen and oxygen atoms in total. The van der Waals surface area contributed by atoms with Gasteiger partial charge in [-0.3, -0.25) is 4.79 Å². The highest BCUT2D eigenvalue weighted by atomic mass is 16.4. The van der Waals surface area contributed by atoms with E-state index < -0.39 is 17.9 Å². The molecule has 2 aromatic heterocycles. The van der Waals surface area contributed by atoms with Crippen LogP contribution in [0.15, 0.2) is 71.3 Å². The fraction of sp³-hybridized carbons (Fsp3) is 0.226. The Hall–Kier alpha value is -4.90. The topological polar surface area (TPSA) is 128 Å². The molecule has 2 heterocycles. The summed E-state index contributed by atoms with van der Waals surface area (Å²) in [5.74, 6) is 0.647. The molecule has 8 heteroatoms. The summed E-state index contributed by atoms with van der Waals surface area (Å²) < 4.78 is 5.97. The number of carboxylic acid groups (broad SMARTS) is 1. The summed E-state index contributed by atoms with van der Waals surface area (Å²) >= 11 is 0. The van der Waals surface area contributed by atoms with Crippen molar-refractivity contribution in [3.63, 3.8) is 0 Å². The number of aliphatic carboxylic acids is 1. The lowest BCUT2D eigenvalue weighted by molar-refractivity contribution is -0.139. The van der Waals surface area contributed by atoms with Crippen molar-refractivity contribution in [2.45, 2.75) is 46.2 Å². The number of pyridine rings is 1.